The largest absolute Gasteiger partial charge is 0.333 e. The SMILES string of the molecule is CC(C)N(C(=O)c1cccc(S(=O)(=O)N2CCCC2)c1)C1CC1. The number of carbonyl (C=O) groups excluding carboxylic acids is 1. The number of rotatable bonds is 5. The van der Waals surface area contributed by atoms with E-state index in [9.17, 15) is 13.2 Å². The molecule has 1 heterocycles. The van der Waals surface area contributed by atoms with Crippen LogP contribution in [0.4, 0.5) is 0 Å². The van der Waals surface area contributed by atoms with E-state index in [1.165, 1.54) is 10.4 Å². The number of carbonyl (C=O) groups is 1. The van der Waals surface area contributed by atoms with Crippen molar-refractivity contribution in [2.75, 3.05) is 13.1 Å². The molecule has 6 heteroatoms. The Kier molecular flexibility index (Phi) is 4.47. The minimum atomic E-state index is -3.48. The van der Waals surface area contributed by atoms with Gasteiger partial charge in [-0.05, 0) is 57.7 Å². The molecule has 1 aliphatic carbocycles. The Hall–Kier alpha value is -1.40. The first-order chi connectivity index (χ1) is 10.9. The third-order valence-corrected chi connectivity index (χ3v) is 6.41. The highest BCUT2D eigenvalue weighted by atomic mass is 32.2. The van der Waals surface area contributed by atoms with Gasteiger partial charge in [0, 0.05) is 30.7 Å². The van der Waals surface area contributed by atoms with Crippen molar-refractivity contribution in [1.82, 2.24) is 9.21 Å². The van der Waals surface area contributed by atoms with Gasteiger partial charge >= 0.3 is 0 Å². The summed E-state index contributed by atoms with van der Waals surface area (Å²) in [6, 6.07) is 6.93. The zero-order valence-electron chi connectivity index (χ0n) is 13.7. The van der Waals surface area contributed by atoms with E-state index < -0.39 is 10.0 Å². The third-order valence-electron chi connectivity index (χ3n) is 4.51. The predicted molar refractivity (Wildman–Crippen MR) is 88.8 cm³/mol. The highest BCUT2D eigenvalue weighted by Gasteiger charge is 2.35. The average molecular weight is 336 g/mol. The van der Waals surface area contributed by atoms with E-state index in [1.54, 1.807) is 18.2 Å². The van der Waals surface area contributed by atoms with Crippen LogP contribution in [0, 0.1) is 0 Å². The molecule has 1 aromatic rings. The van der Waals surface area contributed by atoms with Gasteiger partial charge in [-0.2, -0.15) is 4.31 Å². The summed E-state index contributed by atoms with van der Waals surface area (Å²) in [7, 11) is -3.48. The number of nitrogens with zero attached hydrogens (tertiary/aromatic N) is 2. The summed E-state index contributed by atoms with van der Waals surface area (Å²) in [4.78, 5) is 14.9. The topological polar surface area (TPSA) is 57.7 Å². The molecular weight excluding hydrogens is 312 g/mol. The number of sulfonamides is 1. The van der Waals surface area contributed by atoms with Crippen LogP contribution in [-0.2, 0) is 10.0 Å². The molecule has 0 radical (unpaired) electrons. The molecular formula is C17H24N2O3S. The van der Waals surface area contributed by atoms with Crippen molar-refractivity contribution in [2.45, 2.75) is 56.5 Å². The Morgan fingerprint density at radius 2 is 1.87 bits per heavy atom. The molecule has 0 bridgehead atoms. The molecule has 0 atom stereocenters. The van der Waals surface area contributed by atoms with Gasteiger partial charge in [-0.15, -0.1) is 0 Å². The molecule has 0 unspecified atom stereocenters. The van der Waals surface area contributed by atoms with E-state index in [0.717, 1.165) is 25.7 Å². The van der Waals surface area contributed by atoms with Crippen LogP contribution in [0.25, 0.3) is 0 Å². The van der Waals surface area contributed by atoms with Crippen LogP contribution in [0.2, 0.25) is 0 Å². The number of amides is 1. The summed E-state index contributed by atoms with van der Waals surface area (Å²) in [5, 5.41) is 0. The Morgan fingerprint density at radius 3 is 2.43 bits per heavy atom. The zero-order valence-corrected chi connectivity index (χ0v) is 14.6. The van der Waals surface area contributed by atoms with Gasteiger partial charge in [0.05, 0.1) is 4.90 Å². The maximum Gasteiger partial charge on any atom is 0.254 e. The maximum absolute atomic E-state index is 12.8. The summed E-state index contributed by atoms with van der Waals surface area (Å²) >= 11 is 0. The second-order valence-electron chi connectivity index (χ2n) is 6.68. The fourth-order valence-electron chi connectivity index (χ4n) is 3.19. The third kappa shape index (κ3) is 3.28. The molecule has 0 aromatic heterocycles. The van der Waals surface area contributed by atoms with Crippen molar-refractivity contribution >= 4 is 15.9 Å². The Balaban J connectivity index is 1.89. The lowest BCUT2D eigenvalue weighted by molar-refractivity contribution is 0.0690. The summed E-state index contributed by atoms with van der Waals surface area (Å²) in [5.41, 5.74) is 0.464. The van der Waals surface area contributed by atoms with Crippen molar-refractivity contribution in [3.63, 3.8) is 0 Å². The number of hydrogen-bond donors (Lipinski definition) is 0. The van der Waals surface area contributed by atoms with Gasteiger partial charge in [0.15, 0.2) is 0 Å². The maximum atomic E-state index is 12.8. The van der Waals surface area contributed by atoms with Gasteiger partial charge in [-0.25, -0.2) is 8.42 Å². The quantitative estimate of drug-likeness (QED) is 0.830. The highest BCUT2D eigenvalue weighted by Crippen LogP contribution is 2.30. The molecule has 0 N–H and O–H groups in total. The van der Waals surface area contributed by atoms with Gasteiger partial charge in [-0.3, -0.25) is 4.79 Å². The van der Waals surface area contributed by atoms with E-state index in [0.29, 0.717) is 24.7 Å². The van der Waals surface area contributed by atoms with Crippen molar-refractivity contribution in [2.24, 2.45) is 0 Å². The molecule has 23 heavy (non-hydrogen) atoms. The molecule has 2 fully saturated rings. The molecule has 1 amide bonds. The molecule has 2 aliphatic rings. The van der Waals surface area contributed by atoms with Crippen LogP contribution in [0.1, 0.15) is 49.9 Å². The smallest absolute Gasteiger partial charge is 0.254 e. The van der Waals surface area contributed by atoms with Crippen molar-refractivity contribution in [1.29, 1.82) is 0 Å². The number of benzene rings is 1. The average Bonchev–Trinajstić information content (AvgIpc) is 3.17. The highest BCUT2D eigenvalue weighted by molar-refractivity contribution is 7.89. The molecule has 1 aromatic carbocycles. The van der Waals surface area contributed by atoms with Crippen LogP contribution in [0.15, 0.2) is 29.2 Å². The summed E-state index contributed by atoms with van der Waals surface area (Å²) in [6.45, 7) is 5.14. The van der Waals surface area contributed by atoms with E-state index in [-0.39, 0.29) is 16.8 Å². The Labute approximate surface area is 138 Å². The monoisotopic (exact) mass is 336 g/mol. The van der Waals surface area contributed by atoms with Crippen LogP contribution in [-0.4, -0.2) is 48.7 Å². The van der Waals surface area contributed by atoms with Crippen molar-refractivity contribution < 1.29 is 13.2 Å². The van der Waals surface area contributed by atoms with E-state index in [1.807, 2.05) is 18.7 Å². The summed E-state index contributed by atoms with van der Waals surface area (Å²) in [6.07, 6.45) is 3.88. The molecule has 1 saturated heterocycles. The normalized spacial score (nSPS) is 19.3. The molecule has 1 aliphatic heterocycles. The first kappa shape index (κ1) is 16.5. The second kappa shape index (κ2) is 6.24. The van der Waals surface area contributed by atoms with Crippen LogP contribution >= 0.6 is 0 Å². The van der Waals surface area contributed by atoms with Gasteiger partial charge in [0.25, 0.3) is 5.91 Å². The van der Waals surface area contributed by atoms with E-state index in [4.69, 9.17) is 0 Å². The lowest BCUT2D eigenvalue weighted by atomic mass is 10.1. The Bertz CT molecular complexity index is 688. The first-order valence-corrected chi connectivity index (χ1v) is 9.78. The van der Waals surface area contributed by atoms with Crippen molar-refractivity contribution in [3.8, 4) is 0 Å². The minimum Gasteiger partial charge on any atom is -0.333 e. The predicted octanol–water partition coefficient (Wildman–Crippen LogP) is 2.48. The molecule has 1 saturated carbocycles. The van der Waals surface area contributed by atoms with E-state index >= 15 is 0 Å². The first-order valence-electron chi connectivity index (χ1n) is 8.34. The van der Waals surface area contributed by atoms with Gasteiger partial charge in [0.1, 0.15) is 0 Å². The van der Waals surface area contributed by atoms with Gasteiger partial charge in [0.2, 0.25) is 10.0 Å². The lowest BCUT2D eigenvalue weighted by Gasteiger charge is -2.27. The Morgan fingerprint density at radius 1 is 1.22 bits per heavy atom. The van der Waals surface area contributed by atoms with Gasteiger partial charge in [-0.1, -0.05) is 6.07 Å². The van der Waals surface area contributed by atoms with Crippen LogP contribution < -0.4 is 0 Å². The van der Waals surface area contributed by atoms with Crippen LogP contribution in [0.3, 0.4) is 0 Å². The summed E-state index contributed by atoms with van der Waals surface area (Å²) in [5.74, 6) is -0.0685. The zero-order chi connectivity index (χ0) is 16.6. The van der Waals surface area contributed by atoms with Gasteiger partial charge < -0.3 is 4.90 Å². The second-order valence-corrected chi connectivity index (χ2v) is 8.61. The van der Waals surface area contributed by atoms with Crippen molar-refractivity contribution in [3.05, 3.63) is 29.8 Å². The fraction of sp³-hybridized carbons (Fsp3) is 0.588. The number of hydrogen-bond acceptors (Lipinski definition) is 3. The molecule has 5 nitrogen and oxygen atoms in total. The summed E-state index contributed by atoms with van der Waals surface area (Å²) < 4.78 is 26.8. The molecule has 0 spiro atoms. The van der Waals surface area contributed by atoms with E-state index in [2.05, 4.69) is 0 Å². The lowest BCUT2D eigenvalue weighted by Crippen LogP contribution is -2.38. The van der Waals surface area contributed by atoms with Crippen LogP contribution in [0.5, 0.6) is 0 Å². The molecule has 3 rings (SSSR count). The standard InChI is InChI=1S/C17H24N2O3S/c1-13(2)19(15-8-9-15)17(20)14-6-5-7-16(12-14)23(21,22)18-10-3-4-11-18/h5-7,12-13,15H,3-4,8-11H2,1-2H3. The fourth-order valence-corrected chi connectivity index (χ4v) is 4.75. The molecule has 126 valence electrons. The minimum absolute atomic E-state index is 0.0685.